The molecule has 1 aromatic heterocycles. The molecule has 0 unspecified atom stereocenters. The van der Waals surface area contributed by atoms with Crippen LogP contribution in [0.25, 0.3) is 22.4 Å². The Morgan fingerprint density at radius 3 is 2.00 bits per heavy atom. The lowest BCUT2D eigenvalue weighted by molar-refractivity contribution is 0.981. The maximum absolute atomic E-state index is 11.2. The van der Waals surface area contributed by atoms with Gasteiger partial charge in [-0.05, 0) is 35.7 Å². The molecule has 3 nitrogen and oxygen atoms in total. The van der Waals surface area contributed by atoms with Crippen molar-refractivity contribution in [2.24, 2.45) is 0 Å². The molecule has 0 fully saturated rings. The second-order valence-corrected chi connectivity index (χ2v) is 5.28. The Bertz CT molecular complexity index is 821. The Labute approximate surface area is 127 Å². The summed E-state index contributed by atoms with van der Waals surface area (Å²) >= 11 is 5.90. The highest BCUT2D eigenvalue weighted by Gasteiger charge is 2.05. The summed E-state index contributed by atoms with van der Waals surface area (Å²) in [6, 6.07) is 17.3. The lowest BCUT2D eigenvalue weighted by Gasteiger charge is -2.06. The molecule has 104 valence electrons. The van der Waals surface area contributed by atoms with Crippen molar-refractivity contribution >= 4 is 11.6 Å². The molecule has 21 heavy (non-hydrogen) atoms. The molecule has 0 aliphatic heterocycles. The van der Waals surface area contributed by atoms with E-state index in [9.17, 15) is 4.79 Å². The highest BCUT2D eigenvalue weighted by atomic mass is 35.5. The van der Waals surface area contributed by atoms with Crippen molar-refractivity contribution in [3.8, 4) is 22.4 Å². The van der Waals surface area contributed by atoms with E-state index in [0.29, 0.717) is 0 Å². The Balaban J connectivity index is 1.97. The number of nitrogens with one attached hydrogen (secondary N) is 1. The fourth-order valence-electron chi connectivity index (χ4n) is 2.25. The number of nitrogens with zero attached hydrogens (tertiary/aromatic N) is 1. The van der Waals surface area contributed by atoms with E-state index < -0.39 is 0 Å². The normalized spacial score (nSPS) is 10.6. The topological polar surface area (TPSA) is 45.8 Å². The van der Waals surface area contributed by atoms with Gasteiger partial charge in [0.25, 0.3) is 5.56 Å². The molecule has 0 atom stereocenters. The quantitative estimate of drug-likeness (QED) is 0.775. The molecule has 1 N–H and O–H groups in total. The van der Waals surface area contributed by atoms with Crippen LogP contribution >= 0.6 is 11.6 Å². The van der Waals surface area contributed by atoms with E-state index >= 15 is 0 Å². The van der Waals surface area contributed by atoms with E-state index in [4.69, 9.17) is 11.6 Å². The fraction of sp³-hybridized carbons (Fsp3) is 0.0588. The molecular weight excluding hydrogens is 284 g/mol. The zero-order valence-electron chi connectivity index (χ0n) is 11.4. The predicted molar refractivity (Wildman–Crippen MR) is 85.5 cm³/mol. The van der Waals surface area contributed by atoms with Crippen LogP contribution in [0.5, 0.6) is 0 Å². The van der Waals surface area contributed by atoms with Gasteiger partial charge in [0.05, 0.1) is 5.69 Å². The smallest absolute Gasteiger partial charge is 0.264 e. The van der Waals surface area contributed by atoms with Gasteiger partial charge in [-0.2, -0.15) is 5.10 Å². The number of hydrogen-bond donors (Lipinski definition) is 1. The summed E-state index contributed by atoms with van der Waals surface area (Å²) in [6.07, 6.45) is 0. The average molecular weight is 297 g/mol. The second kappa shape index (κ2) is 5.54. The molecule has 2 aromatic carbocycles. The third kappa shape index (κ3) is 2.88. The van der Waals surface area contributed by atoms with Gasteiger partial charge in [0.1, 0.15) is 0 Å². The third-order valence-corrected chi connectivity index (χ3v) is 3.59. The van der Waals surface area contributed by atoms with Crippen LogP contribution in [0, 0.1) is 6.92 Å². The Morgan fingerprint density at radius 2 is 1.43 bits per heavy atom. The number of aryl methyl sites for hydroxylation is 1. The van der Waals surface area contributed by atoms with Crippen LogP contribution in [0.4, 0.5) is 0 Å². The molecule has 0 radical (unpaired) electrons. The predicted octanol–water partition coefficient (Wildman–Crippen LogP) is 4.07. The van der Waals surface area contributed by atoms with Gasteiger partial charge in [-0.3, -0.25) is 4.79 Å². The summed E-state index contributed by atoms with van der Waals surface area (Å²) in [5, 5.41) is 7.30. The van der Waals surface area contributed by atoms with Crippen molar-refractivity contribution in [3.05, 3.63) is 75.5 Å². The summed E-state index contributed by atoms with van der Waals surface area (Å²) in [6.45, 7) is 1.88. The summed E-state index contributed by atoms with van der Waals surface area (Å²) in [5.74, 6) is 0. The first kappa shape index (κ1) is 13.6. The molecule has 0 aliphatic carbocycles. The van der Waals surface area contributed by atoms with Crippen molar-refractivity contribution in [2.75, 3.05) is 0 Å². The van der Waals surface area contributed by atoms with E-state index in [1.54, 1.807) is 6.07 Å². The monoisotopic (exact) mass is 296 g/mol. The number of aromatic amines is 1. The second-order valence-electron chi connectivity index (χ2n) is 4.85. The molecule has 0 amide bonds. The Hall–Kier alpha value is -2.39. The molecule has 3 aromatic rings. The van der Waals surface area contributed by atoms with Crippen LogP contribution in [0.15, 0.2) is 59.4 Å². The first-order valence-corrected chi connectivity index (χ1v) is 6.94. The fourth-order valence-corrected chi connectivity index (χ4v) is 2.38. The molecule has 0 aliphatic rings. The SMILES string of the molecule is Cc1cc(=O)[nH]nc1-c1ccc(-c2ccc(Cl)cc2)cc1. The van der Waals surface area contributed by atoms with Crippen molar-refractivity contribution in [3.63, 3.8) is 0 Å². The van der Waals surface area contributed by atoms with Gasteiger partial charge in [-0.15, -0.1) is 0 Å². The van der Waals surface area contributed by atoms with Gasteiger partial charge in [0.15, 0.2) is 0 Å². The molecule has 0 saturated carbocycles. The van der Waals surface area contributed by atoms with Crippen molar-refractivity contribution < 1.29 is 0 Å². The largest absolute Gasteiger partial charge is 0.268 e. The van der Waals surface area contributed by atoms with Crippen molar-refractivity contribution in [2.45, 2.75) is 6.92 Å². The van der Waals surface area contributed by atoms with E-state index in [-0.39, 0.29) is 5.56 Å². The highest BCUT2D eigenvalue weighted by molar-refractivity contribution is 6.30. The van der Waals surface area contributed by atoms with E-state index in [1.807, 2.05) is 55.5 Å². The van der Waals surface area contributed by atoms with Crippen LogP contribution in [-0.2, 0) is 0 Å². The van der Waals surface area contributed by atoms with Gasteiger partial charge >= 0.3 is 0 Å². The molecule has 1 heterocycles. The van der Waals surface area contributed by atoms with Gasteiger partial charge in [-0.25, -0.2) is 5.10 Å². The van der Waals surface area contributed by atoms with Gasteiger partial charge in [0, 0.05) is 16.7 Å². The number of benzene rings is 2. The molecule has 0 bridgehead atoms. The van der Waals surface area contributed by atoms with Crippen molar-refractivity contribution in [1.29, 1.82) is 0 Å². The standard InChI is InChI=1S/C17H13ClN2O/c1-11-10-16(21)19-20-17(11)14-4-2-12(3-5-14)13-6-8-15(18)9-7-13/h2-10H,1H3,(H,19,21). The minimum Gasteiger partial charge on any atom is -0.268 e. The minimum absolute atomic E-state index is 0.186. The minimum atomic E-state index is -0.186. The lowest BCUT2D eigenvalue weighted by atomic mass is 10.0. The van der Waals surface area contributed by atoms with Crippen LogP contribution in [0.1, 0.15) is 5.56 Å². The number of rotatable bonds is 2. The zero-order valence-corrected chi connectivity index (χ0v) is 12.2. The van der Waals surface area contributed by atoms with E-state index in [1.165, 1.54) is 0 Å². The zero-order chi connectivity index (χ0) is 14.8. The van der Waals surface area contributed by atoms with E-state index in [2.05, 4.69) is 10.2 Å². The van der Waals surface area contributed by atoms with Gasteiger partial charge < -0.3 is 0 Å². The first-order valence-electron chi connectivity index (χ1n) is 6.56. The lowest BCUT2D eigenvalue weighted by Crippen LogP contribution is -2.08. The van der Waals surface area contributed by atoms with Gasteiger partial charge in [0.2, 0.25) is 0 Å². The molecule has 3 rings (SSSR count). The number of H-pyrrole nitrogens is 1. The first-order chi connectivity index (χ1) is 10.1. The third-order valence-electron chi connectivity index (χ3n) is 3.33. The van der Waals surface area contributed by atoms with Crippen LogP contribution in [-0.4, -0.2) is 10.2 Å². The maximum atomic E-state index is 11.2. The summed E-state index contributed by atoms with van der Waals surface area (Å²) in [4.78, 5) is 11.2. The molecule has 0 spiro atoms. The van der Waals surface area contributed by atoms with Crippen LogP contribution in [0.3, 0.4) is 0 Å². The number of aromatic nitrogens is 2. The molecular formula is C17H13ClN2O. The highest BCUT2D eigenvalue weighted by Crippen LogP contribution is 2.25. The van der Waals surface area contributed by atoms with Crippen LogP contribution < -0.4 is 5.56 Å². The summed E-state index contributed by atoms with van der Waals surface area (Å²) < 4.78 is 0. The molecule has 0 saturated heterocycles. The Morgan fingerprint density at radius 1 is 0.905 bits per heavy atom. The Kier molecular flexibility index (Phi) is 3.59. The number of hydrogen-bond acceptors (Lipinski definition) is 2. The molecule has 4 heteroatoms. The number of halogens is 1. The van der Waals surface area contributed by atoms with Gasteiger partial charge in [-0.1, -0.05) is 48.0 Å². The van der Waals surface area contributed by atoms with Crippen molar-refractivity contribution in [1.82, 2.24) is 10.2 Å². The van der Waals surface area contributed by atoms with Crippen LogP contribution in [0.2, 0.25) is 5.02 Å². The average Bonchev–Trinajstić information content (AvgIpc) is 2.48. The van der Waals surface area contributed by atoms with E-state index in [0.717, 1.165) is 33.0 Å². The summed E-state index contributed by atoms with van der Waals surface area (Å²) in [5.41, 5.74) is 4.65. The summed E-state index contributed by atoms with van der Waals surface area (Å²) in [7, 11) is 0. The maximum Gasteiger partial charge on any atom is 0.264 e.